The van der Waals surface area contributed by atoms with Crippen LogP contribution in [0.2, 0.25) is 0 Å². The fourth-order valence-electron chi connectivity index (χ4n) is 3.31. The summed E-state index contributed by atoms with van der Waals surface area (Å²) in [6.07, 6.45) is 9.90. The third-order valence-electron chi connectivity index (χ3n) is 4.70. The van der Waals surface area contributed by atoms with Gasteiger partial charge in [-0.15, -0.1) is 11.3 Å². The van der Waals surface area contributed by atoms with E-state index in [4.69, 9.17) is 0 Å². The molecule has 7 heteroatoms. The summed E-state index contributed by atoms with van der Waals surface area (Å²) in [5.41, 5.74) is 0. The Morgan fingerprint density at radius 2 is 2.26 bits per heavy atom. The Morgan fingerprint density at radius 3 is 2.96 bits per heavy atom. The lowest BCUT2D eigenvalue weighted by Crippen LogP contribution is -2.46. The topological polar surface area (TPSA) is 73.9 Å². The maximum absolute atomic E-state index is 12.7. The minimum atomic E-state index is 0.0355. The molecule has 0 radical (unpaired) electrons. The van der Waals surface area contributed by atoms with E-state index in [0.717, 1.165) is 36.8 Å². The molecule has 0 aromatic carbocycles. The molecule has 1 aliphatic carbocycles. The maximum Gasteiger partial charge on any atom is 0.317 e. The lowest BCUT2D eigenvalue weighted by Gasteiger charge is -2.33. The molecule has 1 saturated heterocycles. The van der Waals surface area contributed by atoms with Gasteiger partial charge in [0.15, 0.2) is 0 Å². The van der Waals surface area contributed by atoms with Gasteiger partial charge < -0.3 is 15.2 Å². The quantitative estimate of drug-likeness (QED) is 0.904. The predicted molar refractivity (Wildman–Crippen MR) is 88.2 cm³/mol. The van der Waals surface area contributed by atoms with Gasteiger partial charge in [-0.05, 0) is 31.6 Å². The van der Waals surface area contributed by atoms with Crippen molar-refractivity contribution in [3.8, 4) is 0 Å². The number of nitrogens with one attached hydrogen (secondary N) is 2. The first-order chi connectivity index (χ1) is 11.3. The van der Waals surface area contributed by atoms with Crippen LogP contribution in [0.25, 0.3) is 0 Å². The van der Waals surface area contributed by atoms with Crippen LogP contribution in [-0.4, -0.2) is 39.0 Å². The van der Waals surface area contributed by atoms with Crippen LogP contribution in [0.4, 0.5) is 4.79 Å². The van der Waals surface area contributed by atoms with Crippen molar-refractivity contribution in [2.75, 3.05) is 13.1 Å². The second-order valence-corrected chi connectivity index (χ2v) is 7.32. The molecule has 0 bridgehead atoms. The Balaban J connectivity index is 1.42. The third-order valence-corrected chi connectivity index (χ3v) is 5.56. The van der Waals surface area contributed by atoms with Gasteiger partial charge in [-0.2, -0.15) is 0 Å². The molecule has 2 aromatic heterocycles. The monoisotopic (exact) mass is 331 g/mol. The van der Waals surface area contributed by atoms with E-state index in [1.165, 1.54) is 12.8 Å². The second-order valence-electron chi connectivity index (χ2n) is 6.39. The van der Waals surface area contributed by atoms with Gasteiger partial charge in [-0.1, -0.05) is 0 Å². The average Bonchev–Trinajstić information content (AvgIpc) is 3.06. The highest BCUT2D eigenvalue weighted by molar-refractivity contribution is 7.09. The Labute approximate surface area is 139 Å². The average molecular weight is 331 g/mol. The van der Waals surface area contributed by atoms with Crippen LogP contribution in [0, 0.1) is 5.92 Å². The maximum atomic E-state index is 12.7. The number of carbonyl (C=O) groups is 1. The Bertz CT molecular complexity index is 637. The minimum absolute atomic E-state index is 0.0355. The largest absolute Gasteiger partial charge is 0.348 e. The van der Waals surface area contributed by atoms with Crippen molar-refractivity contribution < 1.29 is 4.79 Å². The van der Waals surface area contributed by atoms with Gasteiger partial charge in [0.1, 0.15) is 10.8 Å². The van der Waals surface area contributed by atoms with Crippen LogP contribution < -0.4 is 5.32 Å². The van der Waals surface area contributed by atoms with Gasteiger partial charge in [0, 0.05) is 43.0 Å². The van der Waals surface area contributed by atoms with Gasteiger partial charge in [0.2, 0.25) is 0 Å². The van der Waals surface area contributed by atoms with Crippen LogP contribution in [0.15, 0.2) is 24.0 Å². The van der Waals surface area contributed by atoms with Crippen LogP contribution in [0.1, 0.15) is 48.5 Å². The fraction of sp³-hybridized carbons (Fsp3) is 0.562. The van der Waals surface area contributed by atoms with Gasteiger partial charge in [0.25, 0.3) is 0 Å². The molecular weight excluding hydrogens is 310 g/mol. The van der Waals surface area contributed by atoms with E-state index in [0.29, 0.717) is 11.8 Å². The third kappa shape index (κ3) is 3.24. The summed E-state index contributed by atoms with van der Waals surface area (Å²) in [7, 11) is 0. The van der Waals surface area contributed by atoms with Gasteiger partial charge in [-0.25, -0.2) is 14.8 Å². The molecule has 23 heavy (non-hydrogen) atoms. The summed E-state index contributed by atoms with van der Waals surface area (Å²) in [5, 5.41) is 6.23. The normalized spacial score (nSPS) is 22.8. The number of carbonyl (C=O) groups excluding carboxylic acids is 1. The number of nitrogens with zero attached hydrogens (tertiary/aromatic N) is 3. The highest BCUT2D eigenvalue weighted by atomic mass is 32.1. The molecule has 3 heterocycles. The Hall–Kier alpha value is -1.89. The van der Waals surface area contributed by atoms with Crippen LogP contribution in [-0.2, 0) is 0 Å². The summed E-state index contributed by atoms with van der Waals surface area (Å²) >= 11 is 1.63. The molecule has 0 unspecified atom stereocenters. The van der Waals surface area contributed by atoms with E-state index in [1.807, 2.05) is 22.7 Å². The molecule has 2 atom stereocenters. The van der Waals surface area contributed by atoms with Crippen molar-refractivity contribution in [2.45, 2.75) is 37.6 Å². The number of aromatic nitrogens is 3. The smallest absolute Gasteiger partial charge is 0.317 e. The van der Waals surface area contributed by atoms with Gasteiger partial charge in [0.05, 0.1) is 6.04 Å². The number of thiazole rings is 1. The van der Waals surface area contributed by atoms with Crippen molar-refractivity contribution >= 4 is 17.4 Å². The number of amides is 2. The van der Waals surface area contributed by atoms with E-state index < -0.39 is 0 Å². The SMILES string of the molecule is O=C(N[C@H](c1nccs1)C1CC1)N1CCC[C@H](c2ncc[nH]2)C1. The van der Waals surface area contributed by atoms with E-state index in [9.17, 15) is 4.79 Å². The zero-order chi connectivity index (χ0) is 15.6. The first-order valence-corrected chi connectivity index (χ1v) is 9.13. The first kappa shape index (κ1) is 14.7. The molecule has 0 spiro atoms. The van der Waals surface area contributed by atoms with Crippen molar-refractivity contribution in [1.29, 1.82) is 0 Å². The predicted octanol–water partition coefficient (Wildman–Crippen LogP) is 2.91. The molecule has 4 rings (SSSR count). The van der Waals surface area contributed by atoms with Crippen molar-refractivity contribution in [2.24, 2.45) is 5.92 Å². The van der Waals surface area contributed by atoms with E-state index in [2.05, 4.69) is 20.3 Å². The molecule has 2 aromatic rings. The summed E-state index contributed by atoms with van der Waals surface area (Å²) in [6, 6.07) is 0.111. The first-order valence-electron chi connectivity index (χ1n) is 8.25. The van der Waals surface area contributed by atoms with E-state index >= 15 is 0 Å². The van der Waals surface area contributed by atoms with E-state index in [1.54, 1.807) is 17.5 Å². The summed E-state index contributed by atoms with van der Waals surface area (Å²) < 4.78 is 0. The Kier molecular flexibility index (Phi) is 4.03. The highest BCUT2D eigenvalue weighted by Crippen LogP contribution is 2.41. The number of imidazole rings is 1. The standard InChI is InChI=1S/C16H21N5OS/c22-16(20-13(11-3-4-11)15-19-7-9-23-15)21-8-1-2-12(10-21)14-17-5-6-18-14/h5-7,9,11-13H,1-4,8,10H2,(H,17,18)(H,20,22)/t12-,13-/m0/s1. The van der Waals surface area contributed by atoms with Crippen molar-refractivity contribution in [3.63, 3.8) is 0 Å². The number of H-pyrrole nitrogens is 1. The van der Waals surface area contributed by atoms with Crippen LogP contribution >= 0.6 is 11.3 Å². The number of piperidine rings is 1. The molecule has 6 nitrogen and oxygen atoms in total. The number of hydrogen-bond acceptors (Lipinski definition) is 4. The lowest BCUT2D eigenvalue weighted by molar-refractivity contribution is 0.173. The van der Waals surface area contributed by atoms with Crippen molar-refractivity contribution in [1.82, 2.24) is 25.2 Å². The molecule has 2 aliphatic rings. The Morgan fingerprint density at radius 1 is 1.35 bits per heavy atom. The number of urea groups is 1. The van der Waals surface area contributed by atoms with E-state index in [-0.39, 0.29) is 12.1 Å². The molecule has 122 valence electrons. The van der Waals surface area contributed by atoms with Crippen LogP contribution in [0.5, 0.6) is 0 Å². The number of aromatic amines is 1. The number of rotatable bonds is 4. The molecule has 2 fully saturated rings. The molecule has 2 N–H and O–H groups in total. The molecular formula is C16H21N5OS. The van der Waals surface area contributed by atoms with Gasteiger partial charge >= 0.3 is 6.03 Å². The minimum Gasteiger partial charge on any atom is -0.348 e. The zero-order valence-corrected chi connectivity index (χ0v) is 13.8. The summed E-state index contributed by atoms with van der Waals surface area (Å²) in [6.45, 7) is 1.55. The molecule has 1 saturated carbocycles. The highest BCUT2D eigenvalue weighted by Gasteiger charge is 2.36. The number of likely N-dealkylation sites (tertiary alicyclic amines) is 1. The van der Waals surface area contributed by atoms with Crippen LogP contribution in [0.3, 0.4) is 0 Å². The summed E-state index contributed by atoms with van der Waals surface area (Å²) in [5.74, 6) is 1.85. The second kappa shape index (κ2) is 6.31. The summed E-state index contributed by atoms with van der Waals surface area (Å²) in [4.78, 5) is 26.6. The van der Waals surface area contributed by atoms with Crippen molar-refractivity contribution in [3.05, 3.63) is 34.8 Å². The number of hydrogen-bond donors (Lipinski definition) is 2. The van der Waals surface area contributed by atoms with Gasteiger partial charge in [-0.3, -0.25) is 0 Å². The zero-order valence-electron chi connectivity index (χ0n) is 12.9. The molecule has 2 amide bonds. The molecule has 1 aliphatic heterocycles. The lowest BCUT2D eigenvalue weighted by atomic mass is 9.97. The fourth-order valence-corrected chi connectivity index (χ4v) is 4.09.